The highest BCUT2D eigenvalue weighted by molar-refractivity contribution is 7.98. The average Bonchev–Trinajstić information content (AvgIpc) is 2.69. The Morgan fingerprint density at radius 2 is 2.13 bits per heavy atom. The second-order valence-electron chi connectivity index (χ2n) is 3.16. The molecule has 0 atom stereocenters. The summed E-state index contributed by atoms with van der Waals surface area (Å²) in [6.07, 6.45) is 0. The Morgan fingerprint density at radius 3 is 3.07 bits per heavy atom. The molecule has 74 valence electrons. The second kappa shape index (κ2) is 3.43. The van der Waals surface area contributed by atoms with Crippen molar-refractivity contribution in [3.05, 3.63) is 40.4 Å². The summed E-state index contributed by atoms with van der Waals surface area (Å²) in [5, 5.41) is 3.90. The number of carbonyl (C=O) groups excluding carboxylic acids is 1. The number of thioether (sulfide) groups is 1. The summed E-state index contributed by atoms with van der Waals surface area (Å²) in [6, 6.07) is 7.65. The van der Waals surface area contributed by atoms with Crippen molar-refractivity contribution < 1.29 is 4.79 Å². The maximum absolute atomic E-state index is 12.1. The minimum Gasteiger partial charge on any atom is -0.287 e. The number of carbonyl (C=O) groups is 1. The predicted octanol–water partition coefficient (Wildman–Crippen LogP) is 2.37. The van der Waals surface area contributed by atoms with Gasteiger partial charge in [0.1, 0.15) is 0 Å². The van der Waals surface area contributed by atoms with Gasteiger partial charge in [0.15, 0.2) is 5.69 Å². The molecule has 1 aliphatic heterocycles. The molecule has 0 saturated heterocycles. The Labute approximate surface area is 94.7 Å². The Bertz CT molecular complexity index is 536. The van der Waals surface area contributed by atoms with Crippen LogP contribution in [0.5, 0.6) is 0 Å². The van der Waals surface area contributed by atoms with Gasteiger partial charge in [-0.05, 0) is 23.7 Å². The zero-order chi connectivity index (χ0) is 10.3. The molecule has 0 radical (unpaired) electrons. The minimum absolute atomic E-state index is 0.000602. The van der Waals surface area contributed by atoms with E-state index in [-0.39, 0.29) is 5.78 Å². The topological polar surface area (TPSA) is 42.9 Å². The number of hydrogen-bond acceptors (Lipinski definition) is 5. The van der Waals surface area contributed by atoms with Crippen LogP contribution < -0.4 is 0 Å². The molecule has 0 spiro atoms. The third-order valence-corrected chi connectivity index (χ3v) is 4.27. The smallest absolute Gasteiger partial charge is 0.215 e. The fourth-order valence-electron chi connectivity index (χ4n) is 1.53. The molecule has 1 aliphatic rings. The van der Waals surface area contributed by atoms with E-state index in [1.54, 1.807) is 11.8 Å². The average molecular weight is 234 g/mol. The van der Waals surface area contributed by atoms with Crippen molar-refractivity contribution in [1.29, 1.82) is 0 Å². The molecule has 3 rings (SSSR count). The lowest BCUT2D eigenvalue weighted by atomic mass is 10.1. The van der Waals surface area contributed by atoms with Crippen LogP contribution >= 0.6 is 23.3 Å². The quantitative estimate of drug-likeness (QED) is 0.702. The van der Waals surface area contributed by atoms with Crippen LogP contribution in [0, 0.1) is 0 Å². The van der Waals surface area contributed by atoms with Crippen LogP contribution in [0.3, 0.4) is 0 Å². The van der Waals surface area contributed by atoms with E-state index in [2.05, 4.69) is 9.59 Å². The van der Waals surface area contributed by atoms with Gasteiger partial charge in [0.2, 0.25) is 5.78 Å². The summed E-state index contributed by atoms with van der Waals surface area (Å²) >= 11 is 2.98. The van der Waals surface area contributed by atoms with E-state index in [9.17, 15) is 4.79 Å². The number of ketones is 1. The molecule has 0 bridgehead atoms. The first kappa shape index (κ1) is 9.06. The molecule has 1 aromatic heterocycles. The number of fused-ring (bicyclic) bond motifs is 2. The summed E-state index contributed by atoms with van der Waals surface area (Å²) in [6.45, 7) is 0. The highest BCUT2D eigenvalue weighted by Gasteiger charge is 2.24. The van der Waals surface area contributed by atoms with Gasteiger partial charge in [0, 0.05) is 16.2 Å². The van der Waals surface area contributed by atoms with Gasteiger partial charge >= 0.3 is 0 Å². The SMILES string of the molecule is O=C1c2ccccc2SCc2snnc21. The maximum Gasteiger partial charge on any atom is 0.215 e. The van der Waals surface area contributed by atoms with Crippen molar-refractivity contribution >= 4 is 29.1 Å². The third-order valence-electron chi connectivity index (χ3n) is 2.26. The van der Waals surface area contributed by atoms with Crippen LogP contribution in [0.15, 0.2) is 29.2 Å². The first-order valence-electron chi connectivity index (χ1n) is 4.44. The molecule has 0 fully saturated rings. The lowest BCUT2D eigenvalue weighted by Crippen LogP contribution is -2.03. The van der Waals surface area contributed by atoms with Gasteiger partial charge in [0.05, 0.1) is 4.88 Å². The fraction of sp³-hybridized carbons (Fsp3) is 0.100. The Hall–Kier alpha value is -1.20. The van der Waals surface area contributed by atoms with E-state index in [4.69, 9.17) is 0 Å². The number of nitrogens with zero attached hydrogens (tertiary/aromatic N) is 2. The summed E-state index contributed by atoms with van der Waals surface area (Å²) < 4.78 is 3.83. The first-order chi connectivity index (χ1) is 7.36. The van der Waals surface area contributed by atoms with Crippen molar-refractivity contribution in [2.75, 3.05) is 0 Å². The van der Waals surface area contributed by atoms with Crippen LogP contribution in [-0.2, 0) is 5.75 Å². The fourth-order valence-corrected chi connectivity index (χ4v) is 3.27. The van der Waals surface area contributed by atoms with Crippen molar-refractivity contribution in [1.82, 2.24) is 9.59 Å². The standard InChI is InChI=1S/C10H6N2OS2/c13-10-6-3-1-2-4-7(6)14-5-8-9(10)11-12-15-8/h1-4H,5H2. The van der Waals surface area contributed by atoms with Crippen LogP contribution in [0.2, 0.25) is 0 Å². The largest absolute Gasteiger partial charge is 0.287 e. The van der Waals surface area contributed by atoms with E-state index in [1.807, 2.05) is 24.3 Å². The minimum atomic E-state index is -0.000602. The van der Waals surface area contributed by atoms with Crippen molar-refractivity contribution in [2.24, 2.45) is 0 Å². The van der Waals surface area contributed by atoms with E-state index in [0.717, 1.165) is 21.1 Å². The number of aromatic nitrogens is 2. The number of hydrogen-bond donors (Lipinski definition) is 0. The molecule has 1 aromatic carbocycles. The monoisotopic (exact) mass is 234 g/mol. The lowest BCUT2D eigenvalue weighted by Gasteiger charge is -2.01. The first-order valence-corrected chi connectivity index (χ1v) is 6.20. The van der Waals surface area contributed by atoms with Crippen LogP contribution in [0.1, 0.15) is 20.9 Å². The molecule has 15 heavy (non-hydrogen) atoms. The van der Waals surface area contributed by atoms with Crippen molar-refractivity contribution in [2.45, 2.75) is 10.6 Å². The van der Waals surface area contributed by atoms with Gasteiger partial charge in [-0.3, -0.25) is 4.79 Å². The van der Waals surface area contributed by atoms with Gasteiger partial charge < -0.3 is 0 Å². The highest BCUT2D eigenvalue weighted by Crippen LogP contribution is 2.33. The van der Waals surface area contributed by atoms with Crippen molar-refractivity contribution in [3.8, 4) is 0 Å². The molecular weight excluding hydrogens is 228 g/mol. The van der Waals surface area contributed by atoms with E-state index in [1.165, 1.54) is 11.5 Å². The maximum atomic E-state index is 12.1. The Kier molecular flexibility index (Phi) is 2.07. The van der Waals surface area contributed by atoms with Gasteiger partial charge in [-0.15, -0.1) is 16.9 Å². The van der Waals surface area contributed by atoms with Crippen LogP contribution in [-0.4, -0.2) is 15.4 Å². The van der Waals surface area contributed by atoms with E-state index >= 15 is 0 Å². The Morgan fingerprint density at radius 1 is 1.27 bits per heavy atom. The molecule has 0 N–H and O–H groups in total. The van der Waals surface area contributed by atoms with Gasteiger partial charge in [0.25, 0.3) is 0 Å². The zero-order valence-corrected chi connectivity index (χ0v) is 9.27. The number of rotatable bonds is 0. The summed E-state index contributed by atoms with van der Waals surface area (Å²) in [5.41, 5.74) is 1.27. The molecule has 5 heteroatoms. The summed E-state index contributed by atoms with van der Waals surface area (Å²) in [5.74, 6) is 0.787. The number of benzene rings is 1. The molecule has 0 saturated carbocycles. The normalized spacial score (nSPS) is 14.3. The van der Waals surface area contributed by atoms with E-state index in [0.29, 0.717) is 5.69 Å². The van der Waals surface area contributed by atoms with E-state index < -0.39 is 0 Å². The zero-order valence-electron chi connectivity index (χ0n) is 7.64. The third kappa shape index (κ3) is 1.39. The van der Waals surface area contributed by atoms with Crippen molar-refractivity contribution in [3.63, 3.8) is 0 Å². The van der Waals surface area contributed by atoms with Gasteiger partial charge in [-0.1, -0.05) is 16.6 Å². The second-order valence-corrected chi connectivity index (χ2v) is 5.01. The lowest BCUT2D eigenvalue weighted by molar-refractivity contribution is 0.103. The Balaban J connectivity index is 2.22. The molecular formula is C10H6N2OS2. The molecule has 2 aromatic rings. The molecule has 0 unspecified atom stereocenters. The molecule has 0 aliphatic carbocycles. The molecule has 3 nitrogen and oxygen atoms in total. The van der Waals surface area contributed by atoms with Crippen LogP contribution in [0.4, 0.5) is 0 Å². The summed E-state index contributed by atoms with van der Waals surface area (Å²) in [4.78, 5) is 14.1. The van der Waals surface area contributed by atoms with Gasteiger partial charge in [-0.25, -0.2) is 0 Å². The predicted molar refractivity (Wildman–Crippen MR) is 59.3 cm³/mol. The molecule has 2 heterocycles. The molecule has 0 amide bonds. The van der Waals surface area contributed by atoms with Crippen LogP contribution in [0.25, 0.3) is 0 Å². The highest BCUT2D eigenvalue weighted by atomic mass is 32.2. The summed E-state index contributed by atoms with van der Waals surface area (Å²) in [7, 11) is 0. The van der Waals surface area contributed by atoms with Gasteiger partial charge in [-0.2, -0.15) is 0 Å².